The van der Waals surface area contributed by atoms with Gasteiger partial charge in [-0.25, -0.2) is 0 Å². The van der Waals surface area contributed by atoms with Crippen LogP contribution in [0.1, 0.15) is 43.4 Å². The van der Waals surface area contributed by atoms with Gasteiger partial charge >= 0.3 is 0 Å². The molecule has 1 aliphatic heterocycles. The van der Waals surface area contributed by atoms with Crippen LogP contribution in [0.3, 0.4) is 0 Å². The van der Waals surface area contributed by atoms with Crippen molar-refractivity contribution in [2.75, 3.05) is 6.54 Å². The molecule has 102 valence electrons. The van der Waals surface area contributed by atoms with Crippen LogP contribution >= 0.6 is 0 Å². The summed E-state index contributed by atoms with van der Waals surface area (Å²) in [5.74, 6) is 0.550. The number of rotatable bonds is 1. The maximum Gasteiger partial charge on any atom is 0.161 e. The van der Waals surface area contributed by atoms with Gasteiger partial charge in [-0.3, -0.25) is 9.78 Å². The van der Waals surface area contributed by atoms with Gasteiger partial charge in [0.2, 0.25) is 0 Å². The first kappa shape index (κ1) is 11.9. The van der Waals surface area contributed by atoms with Crippen molar-refractivity contribution in [1.82, 2.24) is 9.88 Å². The van der Waals surface area contributed by atoms with Crippen LogP contribution in [0.4, 0.5) is 0 Å². The van der Waals surface area contributed by atoms with Crippen LogP contribution in [0.15, 0.2) is 35.7 Å². The minimum Gasteiger partial charge on any atom is -0.367 e. The number of fused-ring (bicyclic) bond motifs is 4. The Kier molecular flexibility index (Phi) is 2.56. The lowest BCUT2D eigenvalue weighted by Crippen LogP contribution is -2.33. The zero-order valence-corrected chi connectivity index (χ0v) is 11.7. The molecule has 0 saturated carbocycles. The monoisotopic (exact) mass is 266 g/mol. The molecule has 0 amide bonds. The van der Waals surface area contributed by atoms with Gasteiger partial charge in [0.15, 0.2) is 5.78 Å². The summed E-state index contributed by atoms with van der Waals surface area (Å²) in [6.45, 7) is 3.14. The van der Waals surface area contributed by atoms with Gasteiger partial charge in [0.25, 0.3) is 0 Å². The van der Waals surface area contributed by atoms with Crippen molar-refractivity contribution >= 4 is 11.9 Å². The third kappa shape index (κ3) is 1.46. The summed E-state index contributed by atoms with van der Waals surface area (Å²) in [5.41, 5.74) is 4.61. The standard InChI is InChI=1S/C17H18N2O/c1-2-19-13-6-3-7-15(20)17(13)16-11-5-4-10-18-12(11)8-9-14(16)19/h4-5,8-10,14,16H,2-3,6-7H2,1H3/t14-,16-/m1/s1. The van der Waals surface area contributed by atoms with Gasteiger partial charge < -0.3 is 4.90 Å². The molecule has 0 fully saturated rings. The quantitative estimate of drug-likeness (QED) is 0.783. The number of hydrogen-bond donors (Lipinski definition) is 0. The molecule has 1 aromatic rings. The number of pyridine rings is 1. The van der Waals surface area contributed by atoms with E-state index in [1.54, 1.807) is 0 Å². The smallest absolute Gasteiger partial charge is 0.161 e. The Morgan fingerprint density at radius 1 is 1.40 bits per heavy atom. The SMILES string of the molecule is CCN1C2=C(C(=O)CCC2)[C@@H]2c3cccnc3C=C[C@H]21. The molecule has 2 atom stereocenters. The third-order valence-electron chi connectivity index (χ3n) is 4.79. The molecular weight excluding hydrogens is 248 g/mol. The van der Waals surface area contributed by atoms with Crippen molar-refractivity contribution < 1.29 is 4.79 Å². The van der Waals surface area contributed by atoms with E-state index in [9.17, 15) is 4.79 Å². The zero-order chi connectivity index (χ0) is 13.7. The molecule has 0 bridgehead atoms. The largest absolute Gasteiger partial charge is 0.367 e. The number of carbonyl (C=O) groups is 1. The summed E-state index contributed by atoms with van der Waals surface area (Å²) in [4.78, 5) is 19.3. The molecule has 0 aromatic carbocycles. The van der Waals surface area contributed by atoms with E-state index < -0.39 is 0 Å². The second-order valence-electron chi connectivity index (χ2n) is 5.73. The van der Waals surface area contributed by atoms with E-state index in [4.69, 9.17) is 0 Å². The topological polar surface area (TPSA) is 33.2 Å². The van der Waals surface area contributed by atoms with Crippen molar-refractivity contribution in [3.8, 4) is 0 Å². The Balaban J connectivity index is 1.92. The number of ketones is 1. The molecule has 2 heterocycles. The van der Waals surface area contributed by atoms with Crippen LogP contribution in [-0.2, 0) is 4.79 Å². The van der Waals surface area contributed by atoms with Gasteiger partial charge in [-0.1, -0.05) is 12.1 Å². The molecule has 4 rings (SSSR count). The van der Waals surface area contributed by atoms with Crippen molar-refractivity contribution in [3.05, 3.63) is 46.9 Å². The molecule has 0 radical (unpaired) electrons. The van der Waals surface area contributed by atoms with E-state index in [1.165, 1.54) is 11.3 Å². The summed E-state index contributed by atoms with van der Waals surface area (Å²) < 4.78 is 0. The highest BCUT2D eigenvalue weighted by Gasteiger charge is 2.45. The Morgan fingerprint density at radius 3 is 3.15 bits per heavy atom. The summed E-state index contributed by atoms with van der Waals surface area (Å²) in [6.07, 6.45) is 8.92. The average Bonchev–Trinajstić information content (AvgIpc) is 2.82. The number of aromatic nitrogens is 1. The first-order chi connectivity index (χ1) is 9.81. The predicted molar refractivity (Wildman–Crippen MR) is 78.1 cm³/mol. The minimum atomic E-state index is 0.200. The Hall–Kier alpha value is -1.90. The van der Waals surface area contributed by atoms with Gasteiger partial charge in [-0.15, -0.1) is 0 Å². The van der Waals surface area contributed by atoms with E-state index in [-0.39, 0.29) is 5.92 Å². The lowest BCUT2D eigenvalue weighted by Gasteiger charge is -2.31. The molecule has 2 aliphatic carbocycles. The van der Waals surface area contributed by atoms with Gasteiger partial charge in [0.05, 0.1) is 11.7 Å². The molecule has 1 aromatic heterocycles. The van der Waals surface area contributed by atoms with E-state index in [2.05, 4.69) is 35.0 Å². The lowest BCUT2D eigenvalue weighted by molar-refractivity contribution is -0.116. The summed E-state index contributed by atoms with van der Waals surface area (Å²) in [5, 5.41) is 0. The first-order valence-electron chi connectivity index (χ1n) is 7.47. The minimum absolute atomic E-state index is 0.200. The maximum atomic E-state index is 12.5. The average molecular weight is 266 g/mol. The number of Topliss-reactive ketones (excluding diaryl/α,β-unsaturated/α-hetero) is 1. The van der Waals surface area contributed by atoms with Crippen LogP contribution in [0.25, 0.3) is 6.08 Å². The number of hydrogen-bond acceptors (Lipinski definition) is 3. The number of likely N-dealkylation sites (N-methyl/N-ethyl adjacent to an activating group) is 1. The normalized spacial score (nSPS) is 27.4. The van der Waals surface area contributed by atoms with Gasteiger partial charge in [-0.2, -0.15) is 0 Å². The predicted octanol–water partition coefficient (Wildman–Crippen LogP) is 2.90. The van der Waals surface area contributed by atoms with Crippen LogP contribution in [0.5, 0.6) is 0 Å². The van der Waals surface area contributed by atoms with Crippen molar-refractivity contribution in [3.63, 3.8) is 0 Å². The Morgan fingerprint density at radius 2 is 2.30 bits per heavy atom. The fourth-order valence-electron chi connectivity index (χ4n) is 4.01. The highest BCUT2D eigenvalue weighted by atomic mass is 16.1. The van der Waals surface area contributed by atoms with Crippen LogP contribution < -0.4 is 0 Å². The molecule has 0 N–H and O–H groups in total. The van der Waals surface area contributed by atoms with Crippen LogP contribution in [-0.4, -0.2) is 28.3 Å². The number of carbonyl (C=O) groups excluding carboxylic acids is 1. The van der Waals surface area contributed by atoms with Crippen molar-refractivity contribution in [2.24, 2.45) is 0 Å². The summed E-state index contributed by atoms with van der Waals surface area (Å²) in [6, 6.07) is 4.43. The van der Waals surface area contributed by atoms with E-state index in [0.717, 1.165) is 30.7 Å². The van der Waals surface area contributed by atoms with Gasteiger partial charge in [-0.05, 0) is 37.5 Å². The Labute approximate surface area is 119 Å². The Bertz CT molecular complexity index is 644. The summed E-state index contributed by atoms with van der Waals surface area (Å²) in [7, 11) is 0. The van der Waals surface area contributed by atoms with Crippen molar-refractivity contribution in [1.29, 1.82) is 0 Å². The summed E-state index contributed by atoms with van der Waals surface area (Å²) >= 11 is 0. The fourth-order valence-corrected chi connectivity index (χ4v) is 4.01. The molecular formula is C17H18N2O. The molecule has 0 spiro atoms. The van der Waals surface area contributed by atoms with E-state index in [1.807, 2.05) is 12.3 Å². The fraction of sp³-hybridized carbons (Fsp3) is 0.412. The maximum absolute atomic E-state index is 12.5. The number of nitrogens with zero attached hydrogens (tertiary/aromatic N) is 2. The van der Waals surface area contributed by atoms with Crippen molar-refractivity contribution in [2.45, 2.75) is 38.1 Å². The van der Waals surface area contributed by atoms with Gasteiger partial charge in [0.1, 0.15) is 0 Å². The highest BCUT2D eigenvalue weighted by molar-refractivity contribution is 5.99. The molecule has 3 aliphatic rings. The highest BCUT2D eigenvalue weighted by Crippen LogP contribution is 2.48. The van der Waals surface area contributed by atoms with Crippen LogP contribution in [0.2, 0.25) is 0 Å². The first-order valence-corrected chi connectivity index (χ1v) is 7.47. The third-order valence-corrected chi connectivity index (χ3v) is 4.79. The van der Waals surface area contributed by atoms with Crippen LogP contribution in [0, 0.1) is 0 Å². The van der Waals surface area contributed by atoms with Gasteiger partial charge in [0, 0.05) is 36.4 Å². The lowest BCUT2D eigenvalue weighted by atomic mass is 9.79. The molecule has 0 saturated heterocycles. The molecule has 20 heavy (non-hydrogen) atoms. The van der Waals surface area contributed by atoms with E-state index >= 15 is 0 Å². The molecule has 0 unspecified atom stereocenters. The molecule has 3 nitrogen and oxygen atoms in total. The second-order valence-corrected chi connectivity index (χ2v) is 5.73. The molecule has 3 heteroatoms. The number of allylic oxidation sites excluding steroid dienone is 1. The second kappa shape index (κ2) is 4.30. The van der Waals surface area contributed by atoms with E-state index in [0.29, 0.717) is 18.2 Å². The zero-order valence-electron chi connectivity index (χ0n) is 11.7.